The van der Waals surface area contributed by atoms with Crippen LogP contribution in [-0.4, -0.2) is 71.0 Å². The maximum absolute atomic E-state index is 12.6. The van der Waals surface area contributed by atoms with Gasteiger partial charge in [-0.1, -0.05) is 22.9 Å². The van der Waals surface area contributed by atoms with Crippen molar-refractivity contribution < 1.29 is 14.1 Å². The highest BCUT2D eigenvalue weighted by molar-refractivity contribution is 7.14. The molecule has 1 saturated heterocycles. The summed E-state index contributed by atoms with van der Waals surface area (Å²) >= 11 is 1.44. The number of benzene rings is 1. The highest BCUT2D eigenvalue weighted by atomic mass is 32.1. The fourth-order valence-corrected chi connectivity index (χ4v) is 5.03. The number of hydrogen-bond donors (Lipinski definition) is 2. The van der Waals surface area contributed by atoms with Gasteiger partial charge in [0.1, 0.15) is 5.76 Å². The smallest absolute Gasteiger partial charge is 0.240 e. The van der Waals surface area contributed by atoms with Crippen LogP contribution in [0.25, 0.3) is 11.3 Å². The van der Waals surface area contributed by atoms with Gasteiger partial charge in [-0.05, 0) is 38.8 Å². The molecule has 0 bridgehead atoms. The predicted molar refractivity (Wildman–Crippen MR) is 133 cm³/mol. The lowest BCUT2D eigenvalue weighted by atomic mass is 9.98. The fourth-order valence-electron chi connectivity index (χ4n) is 4.31. The molecule has 10 heteroatoms. The van der Waals surface area contributed by atoms with Crippen molar-refractivity contribution >= 4 is 34.1 Å². The Morgan fingerprint density at radius 2 is 1.53 bits per heavy atom. The SMILES string of the molecule is Cc1cc(C)c(-c2csc(NC(=O)CN3CCN(CC(=O)Nc4cc(C)on4)CC3)n2)c(C)c1. The van der Waals surface area contributed by atoms with Crippen LogP contribution >= 0.6 is 11.3 Å². The van der Waals surface area contributed by atoms with Crippen molar-refractivity contribution in [2.75, 3.05) is 49.9 Å². The van der Waals surface area contributed by atoms with Gasteiger partial charge in [-0.15, -0.1) is 11.3 Å². The van der Waals surface area contributed by atoms with E-state index in [0.29, 0.717) is 49.4 Å². The molecule has 1 fully saturated rings. The van der Waals surface area contributed by atoms with Crippen LogP contribution < -0.4 is 10.6 Å². The van der Waals surface area contributed by atoms with Gasteiger partial charge < -0.3 is 15.2 Å². The number of amides is 2. The zero-order valence-corrected chi connectivity index (χ0v) is 20.8. The van der Waals surface area contributed by atoms with Crippen molar-refractivity contribution in [3.8, 4) is 11.3 Å². The van der Waals surface area contributed by atoms with Gasteiger partial charge in [0, 0.05) is 43.2 Å². The summed E-state index contributed by atoms with van der Waals surface area (Å²) in [7, 11) is 0. The quantitative estimate of drug-likeness (QED) is 0.533. The van der Waals surface area contributed by atoms with E-state index in [9.17, 15) is 9.59 Å². The predicted octanol–water partition coefficient (Wildman–Crippen LogP) is 3.23. The van der Waals surface area contributed by atoms with Crippen molar-refractivity contribution in [3.05, 3.63) is 46.0 Å². The van der Waals surface area contributed by atoms with E-state index in [-0.39, 0.29) is 18.4 Å². The largest absolute Gasteiger partial charge is 0.360 e. The monoisotopic (exact) mass is 482 g/mol. The molecule has 0 spiro atoms. The van der Waals surface area contributed by atoms with Gasteiger partial charge in [0.2, 0.25) is 11.8 Å². The number of rotatable bonds is 7. The normalized spacial score (nSPS) is 14.8. The van der Waals surface area contributed by atoms with Gasteiger partial charge in [-0.25, -0.2) is 4.98 Å². The zero-order chi connectivity index (χ0) is 24.2. The molecule has 180 valence electrons. The number of carbonyl (C=O) groups is 2. The van der Waals surface area contributed by atoms with Crippen molar-refractivity contribution in [1.82, 2.24) is 19.9 Å². The van der Waals surface area contributed by atoms with Gasteiger partial charge in [0.25, 0.3) is 0 Å². The zero-order valence-electron chi connectivity index (χ0n) is 20.0. The standard InChI is InChI=1S/C24H30N6O3S/c1-15-9-16(2)23(17(3)10-15)19-14-34-24(25-19)27-22(32)13-30-7-5-29(6-8-30)12-21(31)26-20-11-18(4)33-28-20/h9-11,14H,5-8,12-13H2,1-4H3,(H,25,27,32)(H,26,28,31). The number of aryl methyl sites for hydroxylation is 4. The molecule has 2 N–H and O–H groups in total. The molecule has 4 rings (SSSR count). The number of nitrogens with one attached hydrogen (secondary N) is 2. The Morgan fingerprint density at radius 1 is 0.941 bits per heavy atom. The van der Waals surface area contributed by atoms with Crippen LogP contribution in [-0.2, 0) is 9.59 Å². The third-order valence-corrected chi connectivity index (χ3v) is 6.54. The van der Waals surface area contributed by atoms with E-state index in [2.05, 4.69) is 63.5 Å². The van der Waals surface area contributed by atoms with Crippen molar-refractivity contribution in [3.63, 3.8) is 0 Å². The van der Waals surface area contributed by atoms with Gasteiger partial charge in [0.15, 0.2) is 10.9 Å². The highest BCUT2D eigenvalue weighted by Crippen LogP contribution is 2.31. The Kier molecular flexibility index (Phi) is 7.40. The number of aromatic nitrogens is 2. The average molecular weight is 483 g/mol. The molecular formula is C24H30N6O3S. The summed E-state index contributed by atoms with van der Waals surface area (Å²) in [5.41, 5.74) is 5.61. The molecule has 1 aliphatic heterocycles. The maximum atomic E-state index is 12.6. The summed E-state index contributed by atoms with van der Waals surface area (Å²) < 4.78 is 4.96. The van der Waals surface area contributed by atoms with Crippen LogP contribution in [0.4, 0.5) is 10.9 Å². The molecular weight excluding hydrogens is 452 g/mol. The molecule has 3 aromatic rings. The Labute approximate surface area is 203 Å². The van der Waals surface area contributed by atoms with Crippen LogP contribution in [0.3, 0.4) is 0 Å². The van der Waals surface area contributed by atoms with Crippen molar-refractivity contribution in [2.45, 2.75) is 27.7 Å². The van der Waals surface area contributed by atoms with Gasteiger partial charge in [-0.2, -0.15) is 0 Å². The van der Waals surface area contributed by atoms with E-state index in [1.807, 2.05) is 5.38 Å². The molecule has 3 heterocycles. The average Bonchev–Trinajstić information content (AvgIpc) is 3.37. The molecule has 0 saturated carbocycles. The van der Waals surface area contributed by atoms with Crippen molar-refractivity contribution in [1.29, 1.82) is 0 Å². The highest BCUT2D eigenvalue weighted by Gasteiger charge is 2.21. The number of hydrogen-bond acceptors (Lipinski definition) is 8. The van der Waals surface area contributed by atoms with Crippen LogP contribution in [0.5, 0.6) is 0 Å². The molecule has 0 radical (unpaired) electrons. The lowest BCUT2D eigenvalue weighted by Gasteiger charge is -2.33. The second-order valence-corrected chi connectivity index (χ2v) is 9.64. The van der Waals surface area contributed by atoms with Crippen LogP contribution in [0.2, 0.25) is 0 Å². The van der Waals surface area contributed by atoms with Crippen LogP contribution in [0.1, 0.15) is 22.5 Å². The molecule has 0 aliphatic carbocycles. The summed E-state index contributed by atoms with van der Waals surface area (Å²) in [5, 5.41) is 12.0. The lowest BCUT2D eigenvalue weighted by Crippen LogP contribution is -2.50. The summed E-state index contributed by atoms with van der Waals surface area (Å²) in [4.78, 5) is 33.6. The first-order valence-electron chi connectivity index (χ1n) is 11.3. The van der Waals surface area contributed by atoms with E-state index in [1.165, 1.54) is 28.0 Å². The first-order chi connectivity index (χ1) is 16.3. The summed E-state index contributed by atoms with van der Waals surface area (Å²) in [6, 6.07) is 5.99. The van der Waals surface area contributed by atoms with E-state index in [0.717, 1.165) is 11.3 Å². The molecule has 0 atom stereocenters. The van der Waals surface area contributed by atoms with Gasteiger partial charge in [0.05, 0.1) is 18.8 Å². The number of thiazole rings is 1. The molecule has 1 aromatic carbocycles. The lowest BCUT2D eigenvalue weighted by molar-refractivity contribution is -0.120. The fraction of sp³-hybridized carbons (Fsp3) is 0.417. The summed E-state index contributed by atoms with van der Waals surface area (Å²) in [5.74, 6) is 0.872. The number of carbonyl (C=O) groups excluding carboxylic acids is 2. The summed E-state index contributed by atoms with van der Waals surface area (Å²) in [6.45, 7) is 11.5. The Morgan fingerprint density at radius 3 is 2.09 bits per heavy atom. The molecule has 0 unspecified atom stereocenters. The minimum Gasteiger partial charge on any atom is -0.360 e. The second-order valence-electron chi connectivity index (χ2n) is 8.78. The second kappa shape index (κ2) is 10.5. The van der Waals surface area contributed by atoms with E-state index in [1.54, 1.807) is 13.0 Å². The summed E-state index contributed by atoms with van der Waals surface area (Å²) in [6.07, 6.45) is 0. The molecule has 9 nitrogen and oxygen atoms in total. The van der Waals surface area contributed by atoms with Gasteiger partial charge >= 0.3 is 0 Å². The van der Waals surface area contributed by atoms with Crippen LogP contribution in [0.15, 0.2) is 28.1 Å². The molecule has 34 heavy (non-hydrogen) atoms. The Balaban J connectivity index is 1.23. The Hall–Kier alpha value is -3.08. The maximum Gasteiger partial charge on any atom is 0.240 e. The third-order valence-electron chi connectivity index (χ3n) is 5.78. The Bertz CT molecular complexity index is 1160. The first kappa shape index (κ1) is 24.1. The van der Waals surface area contributed by atoms with Crippen molar-refractivity contribution in [2.24, 2.45) is 0 Å². The van der Waals surface area contributed by atoms with E-state index >= 15 is 0 Å². The van der Waals surface area contributed by atoms with Crippen LogP contribution in [0, 0.1) is 27.7 Å². The number of anilines is 2. The first-order valence-corrected chi connectivity index (χ1v) is 12.2. The number of piperazine rings is 1. The minimum absolute atomic E-state index is 0.0779. The van der Waals surface area contributed by atoms with E-state index < -0.39 is 0 Å². The minimum atomic E-state index is -0.127. The number of nitrogens with zero attached hydrogens (tertiary/aromatic N) is 4. The van der Waals surface area contributed by atoms with E-state index in [4.69, 9.17) is 4.52 Å². The third kappa shape index (κ3) is 6.07. The molecule has 2 aromatic heterocycles. The van der Waals surface area contributed by atoms with Gasteiger partial charge in [-0.3, -0.25) is 19.4 Å². The molecule has 1 aliphatic rings. The molecule has 2 amide bonds. The topological polar surface area (TPSA) is 104 Å².